The third-order valence-electron chi connectivity index (χ3n) is 3.35. The number of rotatable bonds is 4. The number of allylic oxidation sites excluding steroid dienone is 1. The zero-order chi connectivity index (χ0) is 19.4. The fraction of sp³-hybridized carbons (Fsp3) is 0.150. The zero-order valence-electron chi connectivity index (χ0n) is 17.0. The van der Waals surface area contributed by atoms with Crippen molar-refractivity contribution in [2.45, 2.75) is 18.2 Å². The van der Waals surface area contributed by atoms with Crippen LogP contribution in [0.3, 0.4) is 0 Å². The van der Waals surface area contributed by atoms with Gasteiger partial charge in [-0.15, -0.1) is 12.6 Å². The number of aliphatic imine (C=N–C) groups is 1. The molecule has 2 aromatic heterocycles. The molecule has 30 heavy (non-hydrogen) atoms. The van der Waals surface area contributed by atoms with Crippen LogP contribution in [0.1, 0.15) is 11.1 Å². The van der Waals surface area contributed by atoms with E-state index in [2.05, 4.69) is 53.0 Å². The maximum Gasteiger partial charge on any atom is 0.137 e. The van der Waals surface area contributed by atoms with Crippen molar-refractivity contribution in [3.8, 4) is 0 Å². The number of fused-ring (bicyclic) bond motifs is 1. The molecule has 168 valence electrons. The molecule has 0 fully saturated rings. The van der Waals surface area contributed by atoms with Gasteiger partial charge < -0.3 is 32.3 Å². The van der Waals surface area contributed by atoms with E-state index in [1.165, 1.54) is 6.21 Å². The van der Waals surface area contributed by atoms with Crippen molar-refractivity contribution in [2.24, 2.45) is 4.99 Å². The second kappa shape index (κ2) is 19.8. The third-order valence-corrected chi connectivity index (χ3v) is 3.64. The molecule has 0 aliphatic heterocycles. The largest absolute Gasteiger partial charge is 0.412 e. The Bertz CT molecular complexity index is 872. The third kappa shape index (κ3) is 11.5. The monoisotopic (exact) mass is 456 g/mol. The molecule has 0 bridgehead atoms. The van der Waals surface area contributed by atoms with Crippen molar-refractivity contribution in [1.82, 2.24) is 9.97 Å². The summed E-state index contributed by atoms with van der Waals surface area (Å²) in [7, 11) is 0. The minimum Gasteiger partial charge on any atom is -0.412 e. The minimum absolute atomic E-state index is 0. The maximum absolute atomic E-state index is 7.31. The van der Waals surface area contributed by atoms with Crippen molar-refractivity contribution < 1.29 is 21.9 Å². The van der Waals surface area contributed by atoms with Crippen molar-refractivity contribution in [3.05, 3.63) is 71.7 Å². The molecule has 0 saturated carbocycles. The Balaban J connectivity index is -0.000000224. The van der Waals surface area contributed by atoms with E-state index in [-0.39, 0.29) is 21.9 Å². The van der Waals surface area contributed by atoms with E-state index in [4.69, 9.17) is 5.41 Å². The molecule has 0 saturated heterocycles. The Morgan fingerprint density at radius 3 is 2.23 bits per heavy atom. The molecule has 0 amide bonds. The number of hydrogen-bond donors (Lipinski definition) is 4. The molecule has 0 spiro atoms. The Kier molecular flexibility index (Phi) is 23.1. The normalized spacial score (nSPS) is 8.87. The van der Waals surface area contributed by atoms with Crippen molar-refractivity contribution in [2.75, 3.05) is 6.26 Å². The molecule has 0 aliphatic rings. The number of H-pyrrole nitrogens is 1. The highest BCUT2D eigenvalue weighted by molar-refractivity contribution is 7.80. The van der Waals surface area contributed by atoms with E-state index in [0.29, 0.717) is 6.42 Å². The lowest BCUT2D eigenvalue weighted by atomic mass is 10.1. The molecule has 0 aliphatic carbocycles. The van der Waals surface area contributed by atoms with Crippen molar-refractivity contribution in [3.63, 3.8) is 0 Å². The first kappa shape index (κ1) is 35.0. The molecule has 3 rings (SSSR count). The number of aryl methyl sites for hydroxylation is 1. The van der Waals surface area contributed by atoms with E-state index < -0.39 is 0 Å². The number of benzene rings is 1. The highest BCUT2D eigenvalue weighted by atomic mass is 32.1. The lowest BCUT2D eigenvalue weighted by Gasteiger charge is -1.99. The van der Waals surface area contributed by atoms with E-state index in [1.807, 2.05) is 49.6 Å². The van der Waals surface area contributed by atoms with Crippen molar-refractivity contribution >= 4 is 49.2 Å². The number of hydrogen-bond acceptors (Lipinski definition) is 5. The van der Waals surface area contributed by atoms with Gasteiger partial charge in [-0.05, 0) is 54.8 Å². The lowest BCUT2D eigenvalue weighted by molar-refractivity contribution is 0.823. The zero-order valence-corrected chi connectivity index (χ0v) is 18.8. The van der Waals surface area contributed by atoms with Gasteiger partial charge in [0.2, 0.25) is 0 Å². The average molecular weight is 457 g/mol. The maximum atomic E-state index is 7.31. The summed E-state index contributed by atoms with van der Waals surface area (Å²) in [5.74, 6) is 0. The van der Waals surface area contributed by atoms with Crippen LogP contribution in [0.2, 0.25) is 0 Å². The van der Waals surface area contributed by atoms with Gasteiger partial charge in [-0.1, -0.05) is 18.2 Å². The molecule has 2 heterocycles. The summed E-state index contributed by atoms with van der Waals surface area (Å²) < 4.78 is 0. The van der Waals surface area contributed by atoms with E-state index in [0.717, 1.165) is 32.6 Å². The first-order valence-corrected chi connectivity index (χ1v) is 9.25. The van der Waals surface area contributed by atoms with Gasteiger partial charge in [-0.2, -0.15) is 12.6 Å². The Morgan fingerprint density at radius 2 is 1.77 bits per heavy atom. The van der Waals surface area contributed by atoms with Crippen LogP contribution in [0.15, 0.2) is 70.5 Å². The molecule has 0 atom stereocenters. The first-order chi connectivity index (χ1) is 12.6. The molecular formula is C20H32N4O4S2. The van der Waals surface area contributed by atoms with Crippen LogP contribution < -0.4 is 0 Å². The van der Waals surface area contributed by atoms with Gasteiger partial charge in [0.05, 0.1) is 0 Å². The van der Waals surface area contributed by atoms with Crippen LogP contribution in [-0.2, 0) is 6.42 Å². The van der Waals surface area contributed by atoms with Crippen LogP contribution in [0.4, 0.5) is 0 Å². The molecular weight excluding hydrogens is 424 g/mol. The van der Waals surface area contributed by atoms with E-state index in [9.17, 15) is 0 Å². The molecule has 10 N–H and O–H groups in total. The topological polar surface area (TPSA) is 191 Å². The quantitative estimate of drug-likeness (QED) is 0.338. The number of aromatic amines is 1. The van der Waals surface area contributed by atoms with Crippen molar-refractivity contribution in [1.29, 1.82) is 5.41 Å². The van der Waals surface area contributed by atoms with Crippen LogP contribution in [0, 0.1) is 12.3 Å². The summed E-state index contributed by atoms with van der Waals surface area (Å²) in [5.41, 5.74) is 3.94. The van der Waals surface area contributed by atoms with E-state index in [1.54, 1.807) is 12.5 Å². The van der Waals surface area contributed by atoms with Gasteiger partial charge in [-0.25, -0.2) is 4.98 Å². The smallest absolute Gasteiger partial charge is 0.137 e. The van der Waals surface area contributed by atoms with Gasteiger partial charge in [0, 0.05) is 41.5 Å². The summed E-state index contributed by atoms with van der Waals surface area (Å²) in [6.07, 6.45) is 9.03. The van der Waals surface area contributed by atoms with Crippen LogP contribution in [0.25, 0.3) is 11.0 Å². The van der Waals surface area contributed by atoms with Crippen LogP contribution >= 0.6 is 25.3 Å². The lowest BCUT2D eigenvalue weighted by Crippen LogP contribution is -1.90. The highest BCUT2D eigenvalue weighted by Gasteiger charge is 2.06. The molecule has 3 aromatic rings. The standard InChI is InChI=1S/C13H14N4.C6H6S.CH4S.4H2O/c1-9-3-12-11(4-10(5-14)7-15-2)8-17-13(12)16-6-9;7-6-4-2-1-3-5-6;1-2;;;;/h3,5-8,14H,2,4H2,1H3,(H,16,17);1-5,7H;2H,1H3;4*1H2/b10-7-,14-5?;;;;;;. The number of thiol groups is 2. The Labute approximate surface area is 187 Å². The number of nitrogens with one attached hydrogen (secondary N) is 2. The summed E-state index contributed by atoms with van der Waals surface area (Å²) in [5, 5.41) is 8.41. The fourth-order valence-electron chi connectivity index (χ4n) is 2.21. The SMILES string of the molecule is C=N/C=C(\C=N)Cc1c[nH]c2ncc(C)cc12.CS.O.O.O.O.Sc1ccccc1. The summed E-state index contributed by atoms with van der Waals surface area (Å²) in [4.78, 5) is 12.2. The number of pyridine rings is 1. The minimum atomic E-state index is 0. The molecule has 0 radical (unpaired) electrons. The number of nitrogens with zero attached hydrogens (tertiary/aromatic N) is 2. The van der Waals surface area contributed by atoms with Gasteiger partial charge >= 0.3 is 0 Å². The van der Waals surface area contributed by atoms with Gasteiger partial charge in [0.25, 0.3) is 0 Å². The molecule has 0 unspecified atom stereocenters. The second-order valence-electron chi connectivity index (χ2n) is 5.27. The molecule has 1 aromatic carbocycles. The number of aromatic nitrogens is 2. The molecule has 8 nitrogen and oxygen atoms in total. The van der Waals surface area contributed by atoms with Gasteiger partial charge in [0.1, 0.15) is 5.65 Å². The van der Waals surface area contributed by atoms with E-state index >= 15 is 0 Å². The Hall–Kier alpha value is -2.47. The summed E-state index contributed by atoms with van der Waals surface area (Å²) in [6.45, 7) is 5.42. The van der Waals surface area contributed by atoms with Gasteiger partial charge in [0.15, 0.2) is 0 Å². The fourth-order valence-corrected chi connectivity index (χ4v) is 2.38. The summed E-state index contributed by atoms with van der Waals surface area (Å²) >= 11 is 7.61. The predicted molar refractivity (Wildman–Crippen MR) is 134 cm³/mol. The van der Waals surface area contributed by atoms with Crippen LogP contribution in [-0.4, -0.2) is 51.1 Å². The average Bonchev–Trinajstić information content (AvgIpc) is 3.06. The van der Waals surface area contributed by atoms with Gasteiger partial charge in [-0.3, -0.25) is 4.99 Å². The molecule has 10 heteroatoms. The Morgan fingerprint density at radius 1 is 1.17 bits per heavy atom. The summed E-state index contributed by atoms with van der Waals surface area (Å²) in [6, 6.07) is 11.9. The predicted octanol–water partition coefficient (Wildman–Crippen LogP) is 1.87. The van der Waals surface area contributed by atoms with Crippen LogP contribution in [0.5, 0.6) is 0 Å². The first-order valence-electron chi connectivity index (χ1n) is 7.90. The second-order valence-corrected chi connectivity index (χ2v) is 5.78. The highest BCUT2D eigenvalue weighted by Crippen LogP contribution is 2.19.